The summed E-state index contributed by atoms with van der Waals surface area (Å²) in [6.45, 7) is 4.17. The Morgan fingerprint density at radius 3 is 2.61 bits per heavy atom. The molecule has 0 bridgehead atoms. The van der Waals surface area contributed by atoms with Gasteiger partial charge in [0.2, 0.25) is 0 Å². The minimum absolute atomic E-state index is 0.0365. The molecule has 0 spiro atoms. The van der Waals surface area contributed by atoms with Gasteiger partial charge in [-0.3, -0.25) is 9.69 Å². The van der Waals surface area contributed by atoms with Gasteiger partial charge in [-0.15, -0.1) is 0 Å². The molecule has 0 amide bonds. The molecule has 2 aromatic carbocycles. The van der Waals surface area contributed by atoms with Crippen molar-refractivity contribution in [3.63, 3.8) is 0 Å². The summed E-state index contributed by atoms with van der Waals surface area (Å²) in [4.78, 5) is 13.3. The first-order valence-electron chi connectivity index (χ1n) is 11.5. The molecule has 1 aliphatic heterocycles. The Morgan fingerprint density at radius 1 is 1.18 bits per heavy atom. The van der Waals surface area contributed by atoms with Crippen molar-refractivity contribution in [2.75, 3.05) is 19.7 Å². The molecule has 2 fully saturated rings. The van der Waals surface area contributed by atoms with Gasteiger partial charge in [0.25, 0.3) is 0 Å². The van der Waals surface area contributed by atoms with Crippen LogP contribution in [0.5, 0.6) is 5.75 Å². The lowest BCUT2D eigenvalue weighted by atomic mass is 9.91. The molecule has 1 aliphatic carbocycles. The summed E-state index contributed by atoms with van der Waals surface area (Å²) >= 11 is 0. The predicted molar refractivity (Wildman–Crippen MR) is 119 cm³/mol. The molecule has 33 heavy (non-hydrogen) atoms. The molecule has 0 radical (unpaired) electrons. The number of alkyl halides is 3. The van der Waals surface area contributed by atoms with Crippen molar-refractivity contribution >= 4 is 5.97 Å². The van der Waals surface area contributed by atoms with Crippen LogP contribution in [0.3, 0.4) is 0 Å². The number of carboxylic acids is 1. The molecule has 4 rings (SSSR count). The van der Waals surface area contributed by atoms with Gasteiger partial charge in [0.1, 0.15) is 5.75 Å². The first-order chi connectivity index (χ1) is 15.7. The maximum atomic E-state index is 13.3. The fourth-order valence-corrected chi connectivity index (χ4v) is 4.78. The lowest BCUT2D eigenvalue weighted by Gasteiger charge is -2.39. The van der Waals surface area contributed by atoms with Gasteiger partial charge in [-0.2, -0.15) is 13.2 Å². The topological polar surface area (TPSA) is 49.8 Å². The van der Waals surface area contributed by atoms with Crippen LogP contribution >= 0.6 is 0 Å². The molecule has 1 atom stereocenters. The van der Waals surface area contributed by atoms with E-state index in [2.05, 4.69) is 0 Å². The molecular formula is C26H30F3NO3. The molecular weight excluding hydrogens is 431 g/mol. The monoisotopic (exact) mass is 461 g/mol. The summed E-state index contributed by atoms with van der Waals surface area (Å²) in [7, 11) is 0. The fraction of sp³-hybridized carbons (Fsp3) is 0.500. The Balaban J connectivity index is 1.24. The van der Waals surface area contributed by atoms with Gasteiger partial charge in [0, 0.05) is 19.6 Å². The molecule has 1 N–H and O–H groups in total. The molecule has 1 saturated carbocycles. The van der Waals surface area contributed by atoms with Crippen LogP contribution in [0.4, 0.5) is 13.2 Å². The smallest absolute Gasteiger partial charge is 0.416 e. The van der Waals surface area contributed by atoms with Crippen LogP contribution in [0.25, 0.3) is 0 Å². The van der Waals surface area contributed by atoms with E-state index in [1.165, 1.54) is 12.1 Å². The average molecular weight is 462 g/mol. The number of carbonyl (C=O) groups is 1. The normalized spacial score (nSPS) is 18.1. The lowest BCUT2D eigenvalue weighted by molar-refractivity contribution is -0.139. The molecule has 0 unspecified atom stereocenters. The minimum atomic E-state index is -4.33. The molecule has 2 aromatic rings. The standard InChI is InChI=1S/C26H30F3NO3/c1-17-5-8-24(26(27,28)29)21(11-17)16-30-14-18(15-30)9-10-33-22-4-2-3-20(12-22)23(13-25(31)32)19-6-7-19/h2-5,8,11-12,18-19,23H,6-7,9-10,13-16H2,1H3,(H,31,32)/t23-/m0/s1. The zero-order valence-corrected chi connectivity index (χ0v) is 18.8. The van der Waals surface area contributed by atoms with E-state index in [1.807, 2.05) is 36.1 Å². The van der Waals surface area contributed by atoms with Crippen LogP contribution in [0.1, 0.15) is 53.9 Å². The van der Waals surface area contributed by atoms with Gasteiger partial charge in [-0.1, -0.05) is 29.8 Å². The van der Waals surface area contributed by atoms with E-state index in [4.69, 9.17) is 4.74 Å². The first-order valence-corrected chi connectivity index (χ1v) is 11.5. The minimum Gasteiger partial charge on any atom is -0.494 e. The number of aryl methyl sites for hydroxylation is 1. The molecule has 178 valence electrons. The highest BCUT2D eigenvalue weighted by Crippen LogP contribution is 2.45. The van der Waals surface area contributed by atoms with E-state index in [0.29, 0.717) is 30.6 Å². The average Bonchev–Trinajstić information content (AvgIpc) is 3.54. The molecule has 0 aromatic heterocycles. The summed E-state index contributed by atoms with van der Waals surface area (Å²) < 4.78 is 45.8. The van der Waals surface area contributed by atoms with E-state index in [1.54, 1.807) is 6.07 Å². The Hall–Kier alpha value is -2.54. The molecule has 7 heteroatoms. The van der Waals surface area contributed by atoms with E-state index in [0.717, 1.165) is 49.2 Å². The largest absolute Gasteiger partial charge is 0.494 e. The summed E-state index contributed by atoms with van der Waals surface area (Å²) in [5.41, 5.74) is 1.64. The second-order valence-corrected chi connectivity index (χ2v) is 9.47. The van der Waals surface area contributed by atoms with Crippen molar-refractivity contribution in [2.24, 2.45) is 11.8 Å². The fourth-order valence-electron chi connectivity index (χ4n) is 4.78. The summed E-state index contributed by atoms with van der Waals surface area (Å²) in [5.74, 6) is 0.853. The number of carboxylic acid groups (broad SMARTS) is 1. The number of rotatable bonds is 10. The number of hydrogen-bond acceptors (Lipinski definition) is 3. The van der Waals surface area contributed by atoms with E-state index >= 15 is 0 Å². The van der Waals surface area contributed by atoms with Crippen molar-refractivity contribution in [3.05, 3.63) is 64.7 Å². The van der Waals surface area contributed by atoms with E-state index in [-0.39, 0.29) is 12.3 Å². The number of ether oxygens (including phenoxy) is 1. The zero-order valence-electron chi connectivity index (χ0n) is 18.8. The van der Waals surface area contributed by atoms with Crippen LogP contribution in [0.15, 0.2) is 42.5 Å². The Kier molecular flexibility index (Phi) is 6.98. The van der Waals surface area contributed by atoms with Gasteiger partial charge in [0.15, 0.2) is 0 Å². The van der Waals surface area contributed by atoms with Crippen molar-refractivity contribution in [1.82, 2.24) is 4.90 Å². The van der Waals surface area contributed by atoms with Gasteiger partial charge in [0.05, 0.1) is 18.6 Å². The third-order valence-corrected chi connectivity index (χ3v) is 6.66. The SMILES string of the molecule is Cc1ccc(C(F)(F)F)c(CN2CC(CCOc3cccc([C@@H](CC(=O)O)C4CC4)c3)C2)c1. The molecule has 1 saturated heterocycles. The predicted octanol–water partition coefficient (Wildman–Crippen LogP) is 5.88. The number of aliphatic carboxylic acids is 1. The van der Waals surface area contributed by atoms with Gasteiger partial charge < -0.3 is 9.84 Å². The number of benzene rings is 2. The van der Waals surface area contributed by atoms with Crippen LogP contribution in [0, 0.1) is 18.8 Å². The number of halogens is 3. The number of hydrogen-bond donors (Lipinski definition) is 1. The Bertz CT molecular complexity index is 981. The second-order valence-electron chi connectivity index (χ2n) is 9.47. The summed E-state index contributed by atoms with van der Waals surface area (Å²) in [6.07, 6.45) is -1.20. The van der Waals surface area contributed by atoms with E-state index < -0.39 is 17.7 Å². The zero-order chi connectivity index (χ0) is 23.6. The highest BCUT2D eigenvalue weighted by Gasteiger charge is 2.35. The Morgan fingerprint density at radius 2 is 1.94 bits per heavy atom. The van der Waals surface area contributed by atoms with Gasteiger partial charge in [-0.25, -0.2) is 0 Å². The van der Waals surface area contributed by atoms with Crippen LogP contribution in [-0.2, 0) is 17.5 Å². The maximum Gasteiger partial charge on any atom is 0.416 e. The molecule has 4 nitrogen and oxygen atoms in total. The van der Waals surface area contributed by atoms with Crippen molar-refractivity contribution in [1.29, 1.82) is 0 Å². The van der Waals surface area contributed by atoms with Crippen molar-refractivity contribution in [3.8, 4) is 5.75 Å². The second kappa shape index (κ2) is 9.75. The summed E-state index contributed by atoms with van der Waals surface area (Å²) in [5, 5.41) is 9.22. The third-order valence-electron chi connectivity index (χ3n) is 6.66. The van der Waals surface area contributed by atoms with Gasteiger partial charge in [-0.05, 0) is 73.3 Å². The number of nitrogens with zero attached hydrogens (tertiary/aromatic N) is 1. The highest BCUT2D eigenvalue weighted by atomic mass is 19.4. The van der Waals surface area contributed by atoms with Crippen molar-refractivity contribution < 1.29 is 27.8 Å². The third kappa shape index (κ3) is 6.28. The van der Waals surface area contributed by atoms with E-state index in [9.17, 15) is 23.1 Å². The molecule has 1 heterocycles. The summed E-state index contributed by atoms with van der Waals surface area (Å²) in [6, 6.07) is 12.0. The van der Waals surface area contributed by atoms with Crippen LogP contribution in [-0.4, -0.2) is 35.7 Å². The maximum absolute atomic E-state index is 13.3. The highest BCUT2D eigenvalue weighted by molar-refractivity contribution is 5.68. The quantitative estimate of drug-likeness (QED) is 0.480. The van der Waals surface area contributed by atoms with Crippen LogP contribution < -0.4 is 4.74 Å². The lowest BCUT2D eigenvalue weighted by Crippen LogP contribution is -2.46. The van der Waals surface area contributed by atoms with Crippen molar-refractivity contribution in [2.45, 2.75) is 51.2 Å². The Labute approximate surface area is 192 Å². The number of likely N-dealkylation sites (tertiary alicyclic amines) is 1. The molecule has 2 aliphatic rings. The van der Waals surface area contributed by atoms with Gasteiger partial charge >= 0.3 is 12.1 Å². The van der Waals surface area contributed by atoms with Crippen LogP contribution in [0.2, 0.25) is 0 Å². The first kappa shape index (κ1) is 23.6.